The van der Waals surface area contributed by atoms with Crippen LogP contribution >= 0.6 is 0 Å². The Balaban J connectivity index is 1.30. The van der Waals surface area contributed by atoms with Crippen molar-refractivity contribution in [2.24, 2.45) is 23.7 Å². The van der Waals surface area contributed by atoms with E-state index in [0.717, 1.165) is 23.7 Å². The Hall–Kier alpha value is -4.30. The number of para-hydroxylation sites is 3. The molecule has 2 aliphatic carbocycles. The molecule has 5 atom stereocenters. The van der Waals surface area contributed by atoms with Crippen molar-refractivity contribution in [1.82, 2.24) is 9.13 Å². The van der Waals surface area contributed by atoms with Crippen LogP contribution in [0.15, 0.2) is 115 Å². The highest BCUT2D eigenvalue weighted by Gasteiger charge is 2.40. The Kier molecular flexibility index (Phi) is 5.64. The molecule has 7 aromatic rings. The molecule has 2 bridgehead atoms. The van der Waals surface area contributed by atoms with Crippen molar-refractivity contribution in [3.8, 4) is 11.4 Å². The van der Waals surface area contributed by atoms with E-state index in [1.807, 2.05) is 0 Å². The van der Waals surface area contributed by atoms with E-state index in [2.05, 4.69) is 138 Å². The van der Waals surface area contributed by atoms with Gasteiger partial charge in [0.15, 0.2) is 0 Å². The predicted octanol–water partition coefficient (Wildman–Crippen LogP) is 11.1. The van der Waals surface area contributed by atoms with Gasteiger partial charge >= 0.3 is 0 Å². The van der Waals surface area contributed by atoms with E-state index in [1.54, 1.807) is 0 Å². The maximum absolute atomic E-state index is 2.53. The molecule has 43 heavy (non-hydrogen) atoms. The third-order valence-corrected chi connectivity index (χ3v) is 10.9. The molecule has 2 saturated carbocycles. The zero-order chi connectivity index (χ0) is 28.7. The van der Waals surface area contributed by atoms with Crippen LogP contribution in [-0.2, 0) is 0 Å². The minimum Gasteiger partial charge on any atom is -0.309 e. The minimum atomic E-state index is 0.655. The van der Waals surface area contributed by atoms with Crippen molar-refractivity contribution in [2.75, 3.05) is 0 Å². The normalized spacial score (nSPS) is 23.9. The number of nitrogens with zero attached hydrogens (tertiary/aromatic N) is 2. The molecule has 0 N–H and O–H groups in total. The summed E-state index contributed by atoms with van der Waals surface area (Å²) in [6.07, 6.45) is 5.62. The minimum absolute atomic E-state index is 0.655. The molecule has 2 aliphatic rings. The SMILES string of the molecule is CC1CC2CC(C)C(c3cccc(-n4c5ccccc5c5c6c7ccccc7n(-c7ccccc7)c6ccc54)c3)C(C1)C2. The van der Waals surface area contributed by atoms with Gasteiger partial charge in [-0.3, -0.25) is 0 Å². The number of hydrogen-bond acceptors (Lipinski definition) is 0. The lowest BCUT2D eigenvalue weighted by molar-refractivity contribution is 0.0854. The van der Waals surface area contributed by atoms with Crippen molar-refractivity contribution >= 4 is 43.6 Å². The van der Waals surface area contributed by atoms with Gasteiger partial charge in [-0.2, -0.15) is 0 Å². The van der Waals surface area contributed by atoms with Gasteiger partial charge in [0, 0.05) is 32.9 Å². The van der Waals surface area contributed by atoms with Crippen LogP contribution in [0, 0.1) is 23.7 Å². The number of benzene rings is 5. The van der Waals surface area contributed by atoms with Gasteiger partial charge in [-0.05, 0) is 109 Å². The molecule has 2 heteroatoms. The summed E-state index contributed by atoms with van der Waals surface area (Å²) in [6.45, 7) is 5.00. The molecule has 2 heterocycles. The van der Waals surface area contributed by atoms with Crippen LogP contribution in [0.2, 0.25) is 0 Å². The highest BCUT2D eigenvalue weighted by Crippen LogP contribution is 2.52. The van der Waals surface area contributed by atoms with E-state index in [9.17, 15) is 0 Å². The average Bonchev–Trinajstić information content (AvgIpc) is 3.54. The zero-order valence-corrected chi connectivity index (χ0v) is 25.1. The third kappa shape index (κ3) is 3.78. The Labute approximate surface area is 253 Å². The van der Waals surface area contributed by atoms with E-state index >= 15 is 0 Å². The lowest BCUT2D eigenvalue weighted by Gasteiger charge is -2.46. The topological polar surface area (TPSA) is 9.86 Å². The monoisotopic (exact) mass is 558 g/mol. The number of aromatic nitrogens is 2. The van der Waals surface area contributed by atoms with Gasteiger partial charge in [0.05, 0.1) is 22.1 Å². The first-order chi connectivity index (χ1) is 21.2. The summed E-state index contributed by atoms with van der Waals surface area (Å²) < 4.78 is 4.96. The first kappa shape index (κ1) is 25.2. The summed E-state index contributed by atoms with van der Waals surface area (Å²) in [5.74, 6) is 4.01. The third-order valence-electron chi connectivity index (χ3n) is 10.9. The van der Waals surface area contributed by atoms with Crippen LogP contribution in [0.3, 0.4) is 0 Å². The summed E-state index contributed by atoms with van der Waals surface area (Å²) in [5.41, 5.74) is 9.09. The summed E-state index contributed by atoms with van der Waals surface area (Å²) in [7, 11) is 0. The average molecular weight is 559 g/mol. The Morgan fingerprint density at radius 2 is 1.12 bits per heavy atom. The van der Waals surface area contributed by atoms with E-state index in [0.29, 0.717) is 5.92 Å². The van der Waals surface area contributed by atoms with Gasteiger partial charge in [0.1, 0.15) is 0 Å². The second-order valence-electron chi connectivity index (χ2n) is 13.7. The second kappa shape index (κ2) is 9.61. The Bertz CT molecular complexity index is 2140. The van der Waals surface area contributed by atoms with E-state index in [-0.39, 0.29) is 0 Å². The van der Waals surface area contributed by atoms with Gasteiger partial charge in [0.2, 0.25) is 0 Å². The molecular formula is C41H38N2. The Morgan fingerprint density at radius 1 is 0.512 bits per heavy atom. The van der Waals surface area contributed by atoms with Gasteiger partial charge in [-0.1, -0.05) is 80.6 Å². The van der Waals surface area contributed by atoms with Crippen LogP contribution in [0.4, 0.5) is 0 Å². The van der Waals surface area contributed by atoms with Gasteiger partial charge in [-0.15, -0.1) is 0 Å². The van der Waals surface area contributed by atoms with E-state index in [4.69, 9.17) is 0 Å². The fourth-order valence-corrected chi connectivity index (χ4v) is 9.55. The van der Waals surface area contributed by atoms with Crippen LogP contribution < -0.4 is 0 Å². The van der Waals surface area contributed by atoms with Crippen molar-refractivity contribution in [3.63, 3.8) is 0 Å². The van der Waals surface area contributed by atoms with Crippen LogP contribution in [-0.4, -0.2) is 9.13 Å². The van der Waals surface area contributed by atoms with Crippen molar-refractivity contribution in [3.05, 3.63) is 121 Å². The highest BCUT2D eigenvalue weighted by molar-refractivity contribution is 6.28. The largest absolute Gasteiger partial charge is 0.309 e. The fraction of sp³-hybridized carbons (Fsp3) is 0.268. The zero-order valence-electron chi connectivity index (χ0n) is 25.1. The van der Waals surface area contributed by atoms with E-state index < -0.39 is 0 Å². The fourth-order valence-electron chi connectivity index (χ4n) is 9.55. The molecule has 0 aliphatic heterocycles. The van der Waals surface area contributed by atoms with Gasteiger partial charge in [0.25, 0.3) is 0 Å². The lowest BCUT2D eigenvalue weighted by atomic mass is 9.59. The molecule has 9 rings (SSSR count). The molecule has 2 fully saturated rings. The molecule has 5 aromatic carbocycles. The first-order valence-electron chi connectivity index (χ1n) is 16.3. The molecule has 0 radical (unpaired) electrons. The van der Waals surface area contributed by atoms with Crippen molar-refractivity contribution < 1.29 is 0 Å². The lowest BCUT2D eigenvalue weighted by Crippen LogP contribution is -2.35. The molecular weight excluding hydrogens is 520 g/mol. The maximum Gasteiger partial charge on any atom is 0.0548 e. The van der Waals surface area contributed by atoms with Crippen LogP contribution in [0.5, 0.6) is 0 Å². The quantitative estimate of drug-likeness (QED) is 0.204. The van der Waals surface area contributed by atoms with Crippen molar-refractivity contribution in [1.29, 1.82) is 0 Å². The summed E-state index contributed by atoms with van der Waals surface area (Å²) in [5, 5.41) is 5.31. The molecule has 212 valence electrons. The van der Waals surface area contributed by atoms with Gasteiger partial charge in [-0.25, -0.2) is 0 Å². The predicted molar refractivity (Wildman–Crippen MR) is 182 cm³/mol. The maximum atomic E-state index is 2.53. The number of fused-ring (bicyclic) bond motifs is 9. The molecule has 0 amide bonds. The van der Waals surface area contributed by atoms with E-state index in [1.165, 1.54) is 86.2 Å². The standard InChI is InChI=1S/C41H38N2/c1-26-21-28-23-27(2)39(30(22-26)24-28)29-11-10-14-32(25-29)43-36-18-9-7-16-34(36)41-38(43)20-19-37-40(41)33-15-6-8-17-35(33)42(37)31-12-4-3-5-13-31/h3-20,25-28,30,39H,21-24H2,1-2H3. The number of hydrogen-bond donors (Lipinski definition) is 0. The molecule has 0 saturated heterocycles. The van der Waals surface area contributed by atoms with Crippen molar-refractivity contribution in [2.45, 2.75) is 45.4 Å². The molecule has 2 aromatic heterocycles. The molecule has 2 nitrogen and oxygen atoms in total. The van der Waals surface area contributed by atoms with Gasteiger partial charge < -0.3 is 9.13 Å². The van der Waals surface area contributed by atoms with Crippen LogP contribution in [0.1, 0.15) is 51.0 Å². The summed E-state index contributed by atoms with van der Waals surface area (Å²) >= 11 is 0. The summed E-state index contributed by atoms with van der Waals surface area (Å²) in [4.78, 5) is 0. The summed E-state index contributed by atoms with van der Waals surface area (Å²) in [6, 6.07) is 43.0. The Morgan fingerprint density at radius 3 is 1.81 bits per heavy atom. The highest BCUT2D eigenvalue weighted by atomic mass is 15.0. The second-order valence-corrected chi connectivity index (χ2v) is 13.7. The molecule has 5 unspecified atom stereocenters. The molecule has 0 spiro atoms. The number of rotatable bonds is 3. The smallest absolute Gasteiger partial charge is 0.0548 e. The van der Waals surface area contributed by atoms with Crippen LogP contribution in [0.25, 0.3) is 55.0 Å². The first-order valence-corrected chi connectivity index (χ1v) is 16.3.